The molecule has 14 nitrogen and oxygen atoms in total. The van der Waals surface area contributed by atoms with Gasteiger partial charge in [-0.3, -0.25) is 9.59 Å². The lowest BCUT2D eigenvalue weighted by molar-refractivity contribution is 0.0291. The molecule has 0 unspecified atom stereocenters. The van der Waals surface area contributed by atoms with Crippen LogP contribution in [0.4, 0.5) is 5.95 Å². The average Bonchev–Trinajstić information content (AvgIpc) is 3.76. The van der Waals surface area contributed by atoms with Crippen LogP contribution in [-0.2, 0) is 29.7 Å². The van der Waals surface area contributed by atoms with E-state index >= 15 is 0 Å². The Morgan fingerprint density at radius 2 is 1.93 bits per heavy atom. The molecule has 3 aliphatic heterocycles. The molecule has 2 aromatic heterocycles. The highest BCUT2D eigenvalue weighted by Gasteiger charge is 2.38. The van der Waals surface area contributed by atoms with Gasteiger partial charge < -0.3 is 38.6 Å². The fourth-order valence-corrected chi connectivity index (χ4v) is 5.93. The number of hydrogen-bond donors (Lipinski definition) is 1. The summed E-state index contributed by atoms with van der Waals surface area (Å²) in [6.45, 7) is 4.39. The Morgan fingerprint density at radius 3 is 2.77 bits per heavy atom. The topological polar surface area (TPSA) is 138 Å². The molecule has 0 spiro atoms. The highest BCUT2D eigenvalue weighted by Crippen LogP contribution is 2.29. The number of nitrogens with zero attached hydrogens (tertiary/aromatic N) is 7. The van der Waals surface area contributed by atoms with E-state index in [-0.39, 0.29) is 25.0 Å². The van der Waals surface area contributed by atoms with Crippen LogP contribution in [0, 0.1) is 0 Å². The number of rotatable bonds is 3. The fraction of sp³-hybridized carbons (Fsp3) is 0.433. The van der Waals surface area contributed by atoms with Gasteiger partial charge in [0.25, 0.3) is 11.8 Å². The summed E-state index contributed by atoms with van der Waals surface area (Å²) in [5.41, 5.74) is 3.28. The molecule has 2 fully saturated rings. The third-order valence-electron chi connectivity index (χ3n) is 8.30. The molecule has 0 saturated carbocycles. The minimum atomic E-state index is -0.460. The van der Waals surface area contributed by atoms with Crippen molar-refractivity contribution in [3.63, 3.8) is 0 Å². The van der Waals surface area contributed by atoms with E-state index in [2.05, 4.69) is 20.5 Å². The lowest BCUT2D eigenvalue weighted by atomic mass is 10.1. The van der Waals surface area contributed by atoms with Crippen molar-refractivity contribution in [3.05, 3.63) is 59.4 Å². The zero-order chi connectivity index (χ0) is 30.2. The number of morpholine rings is 1. The highest BCUT2D eigenvalue weighted by molar-refractivity contribution is 5.98. The number of methoxy groups -OCH3 is 1. The number of fused-ring (bicyclic) bond motifs is 6. The van der Waals surface area contributed by atoms with Gasteiger partial charge >= 0.3 is 0 Å². The molecule has 2 aromatic carbocycles. The van der Waals surface area contributed by atoms with E-state index in [9.17, 15) is 9.59 Å². The number of nitrogens with one attached hydrogen (secondary N) is 1. The molecule has 2 saturated heterocycles. The van der Waals surface area contributed by atoms with Crippen LogP contribution in [-0.4, -0.2) is 107 Å². The van der Waals surface area contributed by atoms with Gasteiger partial charge in [0.05, 0.1) is 62.9 Å². The molecular weight excluding hydrogens is 568 g/mol. The van der Waals surface area contributed by atoms with Crippen molar-refractivity contribution in [1.82, 2.24) is 34.8 Å². The minimum absolute atomic E-state index is 0.156. The van der Waals surface area contributed by atoms with Gasteiger partial charge in [-0.25, -0.2) is 9.67 Å². The fourth-order valence-electron chi connectivity index (χ4n) is 5.93. The molecule has 7 rings (SSSR count). The Hall–Kier alpha value is -4.69. The number of ether oxygens (including phenoxy) is 4. The van der Waals surface area contributed by atoms with Gasteiger partial charge in [0.15, 0.2) is 11.5 Å². The normalized spacial score (nSPS) is 20.8. The smallest absolute Gasteiger partial charge is 0.254 e. The summed E-state index contributed by atoms with van der Waals surface area (Å²) in [6, 6.07) is 10.2. The van der Waals surface area contributed by atoms with Gasteiger partial charge in [-0.2, -0.15) is 0 Å². The lowest BCUT2D eigenvalue weighted by Crippen LogP contribution is -2.44. The Bertz CT molecular complexity index is 1700. The van der Waals surface area contributed by atoms with Gasteiger partial charge in [-0.05, 0) is 36.4 Å². The predicted molar refractivity (Wildman–Crippen MR) is 158 cm³/mol. The van der Waals surface area contributed by atoms with Gasteiger partial charge in [0, 0.05) is 44.4 Å². The number of imidazole rings is 1. The second kappa shape index (κ2) is 11.8. The highest BCUT2D eigenvalue weighted by atomic mass is 16.5. The van der Waals surface area contributed by atoms with E-state index in [0.29, 0.717) is 61.2 Å². The molecule has 4 aromatic rings. The molecule has 230 valence electrons. The van der Waals surface area contributed by atoms with Crippen molar-refractivity contribution in [1.29, 1.82) is 0 Å². The first-order valence-electron chi connectivity index (χ1n) is 14.7. The van der Waals surface area contributed by atoms with Crippen LogP contribution >= 0.6 is 0 Å². The van der Waals surface area contributed by atoms with Crippen molar-refractivity contribution in [2.45, 2.75) is 25.3 Å². The Labute approximate surface area is 253 Å². The van der Waals surface area contributed by atoms with Gasteiger partial charge in [-0.15, -0.1) is 5.10 Å². The van der Waals surface area contributed by atoms with E-state index < -0.39 is 12.1 Å². The zero-order valence-electron chi connectivity index (χ0n) is 24.6. The quantitative estimate of drug-likeness (QED) is 0.365. The maximum atomic E-state index is 13.8. The van der Waals surface area contributed by atoms with Crippen molar-refractivity contribution >= 4 is 28.8 Å². The third-order valence-corrected chi connectivity index (χ3v) is 8.30. The molecule has 44 heavy (non-hydrogen) atoms. The Morgan fingerprint density at radius 1 is 1.07 bits per heavy atom. The van der Waals surface area contributed by atoms with Crippen molar-refractivity contribution in [2.24, 2.45) is 7.05 Å². The molecule has 2 amide bonds. The standard InChI is InChI=1S/C30H34N8O6/c1-35-24-5-3-20(13-22(24)32-30(35)36-7-10-42-11-8-36)29(40)37-16-23-27(17-37)44-18-21-15-38(34-33-21)9-12-43-26-14-19(28(39)31-23)4-6-25(26)41-2/h3-6,13-15,23,27H,7-12,16-18H2,1-2H3,(H,31,39)/t23-,27-/m0/s1. The number of likely N-dealkylation sites (tertiary alicyclic amines) is 1. The predicted octanol–water partition coefficient (Wildman–Crippen LogP) is 1.24. The van der Waals surface area contributed by atoms with Gasteiger partial charge in [-0.1, -0.05) is 5.21 Å². The number of aromatic nitrogens is 5. The van der Waals surface area contributed by atoms with Crippen LogP contribution in [0.3, 0.4) is 0 Å². The molecular formula is C30H34N8O6. The summed E-state index contributed by atoms with van der Waals surface area (Å²) in [4.78, 5) is 36.0. The van der Waals surface area contributed by atoms with Crippen LogP contribution in [0.25, 0.3) is 11.0 Å². The number of anilines is 1. The van der Waals surface area contributed by atoms with Crippen molar-refractivity contribution < 1.29 is 28.5 Å². The first kappa shape index (κ1) is 28.1. The molecule has 1 N–H and O–H groups in total. The first-order chi connectivity index (χ1) is 21.5. The number of carbonyl (C=O) groups excluding carboxylic acids is 2. The van der Waals surface area contributed by atoms with E-state index in [1.54, 1.807) is 41.1 Å². The summed E-state index contributed by atoms with van der Waals surface area (Å²) in [7, 11) is 3.53. The monoisotopic (exact) mass is 602 g/mol. The molecule has 3 aliphatic rings. The summed E-state index contributed by atoms with van der Waals surface area (Å²) >= 11 is 0. The number of carbonyl (C=O) groups is 2. The first-order valence-corrected chi connectivity index (χ1v) is 14.7. The van der Waals surface area contributed by atoms with Crippen LogP contribution in [0.15, 0.2) is 42.6 Å². The second-order valence-corrected chi connectivity index (χ2v) is 11.1. The van der Waals surface area contributed by atoms with Crippen LogP contribution < -0.4 is 19.7 Å². The van der Waals surface area contributed by atoms with Crippen LogP contribution in [0.1, 0.15) is 26.4 Å². The molecule has 0 aliphatic carbocycles. The third kappa shape index (κ3) is 5.42. The minimum Gasteiger partial charge on any atom is -0.493 e. The lowest BCUT2D eigenvalue weighted by Gasteiger charge is -2.27. The summed E-state index contributed by atoms with van der Waals surface area (Å²) < 4.78 is 26.8. The summed E-state index contributed by atoms with van der Waals surface area (Å²) in [5.74, 6) is 1.37. The number of amides is 2. The number of hydrogen-bond acceptors (Lipinski definition) is 10. The Kier molecular flexibility index (Phi) is 7.52. The van der Waals surface area contributed by atoms with Gasteiger partial charge in [0.1, 0.15) is 12.3 Å². The Balaban J connectivity index is 1.14. The SMILES string of the molecule is COc1ccc2cc1OCCn1cc(nn1)CO[C@H]1CN(C(=O)c3ccc4c(c3)nc(N3CCOCC3)n4C)C[C@@H]1NC2=O. The maximum Gasteiger partial charge on any atom is 0.254 e. The zero-order valence-corrected chi connectivity index (χ0v) is 24.6. The van der Waals surface area contributed by atoms with Crippen LogP contribution in [0.2, 0.25) is 0 Å². The molecule has 2 atom stereocenters. The van der Waals surface area contributed by atoms with E-state index in [1.807, 2.05) is 29.8 Å². The van der Waals surface area contributed by atoms with Crippen molar-refractivity contribution in [3.8, 4) is 11.5 Å². The molecule has 0 radical (unpaired) electrons. The summed E-state index contributed by atoms with van der Waals surface area (Å²) in [6.07, 6.45) is 1.34. The summed E-state index contributed by atoms with van der Waals surface area (Å²) in [5, 5.41) is 11.5. The van der Waals surface area contributed by atoms with Crippen LogP contribution in [0.5, 0.6) is 11.5 Å². The molecule has 4 bridgehead atoms. The van der Waals surface area contributed by atoms with Crippen molar-refractivity contribution in [2.75, 3.05) is 58.0 Å². The number of aryl methyl sites for hydroxylation is 1. The largest absolute Gasteiger partial charge is 0.493 e. The second-order valence-electron chi connectivity index (χ2n) is 11.1. The van der Waals surface area contributed by atoms with Gasteiger partial charge in [0.2, 0.25) is 5.95 Å². The van der Waals surface area contributed by atoms with E-state index in [1.165, 1.54) is 0 Å². The molecule has 5 heterocycles. The average molecular weight is 603 g/mol. The maximum absolute atomic E-state index is 13.8. The van der Waals surface area contributed by atoms with E-state index in [4.69, 9.17) is 23.9 Å². The number of benzene rings is 2. The molecule has 14 heteroatoms. The van der Waals surface area contributed by atoms with E-state index in [0.717, 1.165) is 30.1 Å².